The van der Waals surface area contributed by atoms with Gasteiger partial charge in [0.15, 0.2) is 0 Å². The number of aromatic nitrogens is 1. The number of hydrogen-bond donors (Lipinski definition) is 1. The minimum atomic E-state index is -0.522. The number of amidine groups is 1. The molecule has 1 spiro atoms. The molecule has 2 saturated carbocycles. The average molecular weight is 575 g/mol. The number of hydrogen-bond acceptors (Lipinski definition) is 8. The van der Waals surface area contributed by atoms with Crippen molar-refractivity contribution in [1.29, 1.82) is 0 Å². The summed E-state index contributed by atoms with van der Waals surface area (Å²) in [6.45, 7) is 7.26. The monoisotopic (exact) mass is 574 g/mol. The van der Waals surface area contributed by atoms with E-state index < -0.39 is 5.54 Å². The Balaban J connectivity index is 1.29. The van der Waals surface area contributed by atoms with E-state index in [1.807, 2.05) is 43.9 Å². The molecule has 0 radical (unpaired) electrons. The predicted octanol–water partition coefficient (Wildman–Crippen LogP) is 7.25. The van der Waals surface area contributed by atoms with Crippen LogP contribution in [0, 0.1) is 19.8 Å². The molecule has 0 unspecified atom stereocenters. The first-order valence-electron chi connectivity index (χ1n) is 14.7. The molecular weight excluding hydrogens is 536 g/mol. The molecule has 2 heterocycles. The maximum absolute atomic E-state index is 13.7. The Bertz CT molecular complexity index is 1460. The normalized spacial score (nSPS) is 18.0. The van der Waals surface area contributed by atoms with Gasteiger partial charge in [-0.1, -0.05) is 54.4 Å². The van der Waals surface area contributed by atoms with Gasteiger partial charge in [0.2, 0.25) is 5.82 Å². The molecule has 6 rings (SSSR count). The van der Waals surface area contributed by atoms with Crippen molar-refractivity contribution in [2.75, 3.05) is 11.1 Å². The molecule has 0 atom stereocenters. The summed E-state index contributed by atoms with van der Waals surface area (Å²) in [5.74, 6) is 2.89. The largest absolute Gasteiger partial charge is 0.377 e. The van der Waals surface area contributed by atoms with Gasteiger partial charge >= 0.3 is 0 Å². The standard InChI is InChI=1S/C32H38N4O4S/c1-4-39-20-25-17-24(19-35-29(18-23-11-12-23)33-32(31(35)37)15-7-8-16-32)13-14-26(25)27-9-5-6-10-28(27)41-36(38)30-21(2)22(3)40-34-30/h5-6,9-10,13-14,17,23,38H,4,7-8,11-12,15-16,18-20H2,1-3H3. The van der Waals surface area contributed by atoms with Crippen molar-refractivity contribution in [3.8, 4) is 11.1 Å². The minimum absolute atomic E-state index is 0.184. The molecule has 41 heavy (non-hydrogen) atoms. The number of ether oxygens (including phenoxy) is 1. The third kappa shape index (κ3) is 5.67. The van der Waals surface area contributed by atoms with E-state index >= 15 is 0 Å². The molecule has 0 saturated heterocycles. The molecule has 2 fully saturated rings. The van der Waals surface area contributed by atoms with E-state index in [-0.39, 0.29) is 5.91 Å². The lowest BCUT2D eigenvalue weighted by Gasteiger charge is -2.23. The number of carbonyl (C=O) groups excluding carboxylic acids is 1. The summed E-state index contributed by atoms with van der Waals surface area (Å²) in [6.07, 6.45) is 7.27. The highest BCUT2D eigenvalue weighted by atomic mass is 32.2. The lowest BCUT2D eigenvalue weighted by Crippen LogP contribution is -2.40. The summed E-state index contributed by atoms with van der Waals surface area (Å²) in [7, 11) is 0. The number of nitrogens with zero attached hydrogens (tertiary/aromatic N) is 4. The average Bonchev–Trinajstić information content (AvgIpc) is 3.46. The summed E-state index contributed by atoms with van der Waals surface area (Å²) in [6, 6.07) is 14.4. The highest BCUT2D eigenvalue weighted by Gasteiger charge is 2.50. The Morgan fingerprint density at radius 1 is 1.15 bits per heavy atom. The maximum atomic E-state index is 13.7. The first-order chi connectivity index (χ1) is 19.9. The van der Waals surface area contributed by atoms with Gasteiger partial charge in [-0.2, -0.15) is 4.47 Å². The molecule has 216 valence electrons. The van der Waals surface area contributed by atoms with E-state index in [0.29, 0.717) is 37.3 Å². The van der Waals surface area contributed by atoms with E-state index in [1.54, 1.807) is 0 Å². The van der Waals surface area contributed by atoms with Gasteiger partial charge in [-0.25, -0.2) is 0 Å². The van der Waals surface area contributed by atoms with Crippen LogP contribution in [0.1, 0.15) is 74.3 Å². The van der Waals surface area contributed by atoms with Crippen molar-refractivity contribution in [3.05, 3.63) is 64.9 Å². The molecule has 8 nitrogen and oxygen atoms in total. The van der Waals surface area contributed by atoms with Gasteiger partial charge in [-0.15, -0.1) is 0 Å². The van der Waals surface area contributed by atoms with Crippen LogP contribution in [0.15, 0.2) is 56.9 Å². The van der Waals surface area contributed by atoms with E-state index in [9.17, 15) is 10.0 Å². The smallest absolute Gasteiger partial charge is 0.256 e. The van der Waals surface area contributed by atoms with Crippen LogP contribution < -0.4 is 4.47 Å². The summed E-state index contributed by atoms with van der Waals surface area (Å²) in [5, 5.41) is 14.9. The zero-order valence-electron chi connectivity index (χ0n) is 24.1. The summed E-state index contributed by atoms with van der Waals surface area (Å²) >= 11 is 1.19. The molecule has 3 aliphatic rings. The van der Waals surface area contributed by atoms with Gasteiger partial charge in [-0.3, -0.25) is 19.9 Å². The quantitative estimate of drug-likeness (QED) is 0.190. The number of aliphatic imine (C=N–C) groups is 1. The number of aryl methyl sites for hydroxylation is 1. The first-order valence-corrected chi connectivity index (χ1v) is 15.5. The van der Waals surface area contributed by atoms with Gasteiger partial charge in [-0.05, 0) is 80.7 Å². The third-order valence-corrected chi connectivity index (χ3v) is 9.44. The molecular formula is C32H38N4O4S. The molecule has 0 bridgehead atoms. The minimum Gasteiger partial charge on any atom is -0.377 e. The van der Waals surface area contributed by atoms with Crippen LogP contribution >= 0.6 is 11.9 Å². The lowest BCUT2D eigenvalue weighted by molar-refractivity contribution is -0.131. The molecule has 9 heteroatoms. The van der Waals surface area contributed by atoms with Crippen LogP contribution in [0.2, 0.25) is 0 Å². The number of amides is 1. The molecule has 1 aliphatic heterocycles. The topological polar surface area (TPSA) is 91.4 Å². The first kappa shape index (κ1) is 28.0. The van der Waals surface area contributed by atoms with Crippen molar-refractivity contribution < 1.29 is 19.3 Å². The molecule has 2 aliphatic carbocycles. The van der Waals surface area contributed by atoms with Gasteiger partial charge < -0.3 is 9.26 Å². The molecule has 3 aromatic rings. The van der Waals surface area contributed by atoms with E-state index in [0.717, 1.165) is 75.1 Å². The fraction of sp³-hybridized carbons (Fsp3) is 0.469. The molecule has 1 amide bonds. The van der Waals surface area contributed by atoms with Crippen molar-refractivity contribution in [3.63, 3.8) is 0 Å². The Hall–Kier alpha value is -3.14. The van der Waals surface area contributed by atoms with Crippen LogP contribution in [0.4, 0.5) is 5.82 Å². The Morgan fingerprint density at radius 2 is 1.93 bits per heavy atom. The zero-order valence-corrected chi connectivity index (χ0v) is 24.9. The van der Waals surface area contributed by atoms with E-state index in [4.69, 9.17) is 14.3 Å². The zero-order chi connectivity index (χ0) is 28.6. The van der Waals surface area contributed by atoms with Crippen molar-refractivity contribution in [1.82, 2.24) is 10.1 Å². The molecule has 1 aromatic heterocycles. The second-order valence-electron chi connectivity index (χ2n) is 11.5. The van der Waals surface area contributed by atoms with Crippen LogP contribution in [-0.4, -0.2) is 39.2 Å². The highest BCUT2D eigenvalue weighted by Crippen LogP contribution is 2.43. The number of rotatable bonds is 11. The SMILES string of the molecule is CCOCc1cc(CN2C(=O)C3(CCCC3)N=C2CC2CC2)ccc1-c1ccccc1SN(O)c1noc(C)c1C. The van der Waals surface area contributed by atoms with Gasteiger partial charge in [0.05, 0.1) is 13.2 Å². The summed E-state index contributed by atoms with van der Waals surface area (Å²) < 4.78 is 12.2. The predicted molar refractivity (Wildman–Crippen MR) is 160 cm³/mol. The van der Waals surface area contributed by atoms with Gasteiger partial charge in [0, 0.05) is 35.4 Å². The number of anilines is 1. The van der Waals surface area contributed by atoms with Gasteiger partial charge in [0.1, 0.15) is 17.1 Å². The van der Waals surface area contributed by atoms with Gasteiger partial charge in [0.25, 0.3) is 5.91 Å². The lowest BCUT2D eigenvalue weighted by atomic mass is 9.96. The Morgan fingerprint density at radius 3 is 2.63 bits per heavy atom. The molecule has 2 aromatic carbocycles. The van der Waals surface area contributed by atoms with E-state index in [2.05, 4.69) is 29.4 Å². The fourth-order valence-electron chi connectivity index (χ4n) is 5.92. The molecule has 1 N–H and O–H groups in total. The fourth-order valence-corrected chi connectivity index (χ4v) is 6.78. The Kier molecular flexibility index (Phi) is 7.94. The van der Waals surface area contributed by atoms with Crippen molar-refractivity contribution in [2.45, 2.75) is 89.3 Å². The van der Waals surface area contributed by atoms with Crippen molar-refractivity contribution in [2.24, 2.45) is 10.9 Å². The Labute approximate surface area is 245 Å². The van der Waals surface area contributed by atoms with Crippen LogP contribution in [0.5, 0.6) is 0 Å². The van der Waals surface area contributed by atoms with Crippen molar-refractivity contribution >= 4 is 29.5 Å². The highest BCUT2D eigenvalue weighted by molar-refractivity contribution is 8.00. The third-order valence-electron chi connectivity index (χ3n) is 8.54. The number of benzene rings is 2. The second kappa shape index (κ2) is 11.6. The van der Waals surface area contributed by atoms with Crippen LogP contribution in [-0.2, 0) is 22.7 Å². The summed E-state index contributed by atoms with van der Waals surface area (Å²) in [4.78, 5) is 21.7. The number of carbonyl (C=O) groups is 1. The van der Waals surface area contributed by atoms with Crippen LogP contribution in [0.3, 0.4) is 0 Å². The maximum Gasteiger partial charge on any atom is 0.256 e. The summed E-state index contributed by atoms with van der Waals surface area (Å²) in [5.41, 5.74) is 4.38. The second-order valence-corrected chi connectivity index (χ2v) is 12.5. The van der Waals surface area contributed by atoms with Crippen LogP contribution in [0.25, 0.3) is 11.1 Å². The van der Waals surface area contributed by atoms with E-state index in [1.165, 1.54) is 24.8 Å².